The fourth-order valence-corrected chi connectivity index (χ4v) is 3.14. The van der Waals surface area contributed by atoms with Crippen LogP contribution >= 0.6 is 0 Å². The van der Waals surface area contributed by atoms with Gasteiger partial charge in [-0.1, -0.05) is 0 Å². The number of nitrogens with zero attached hydrogens (tertiary/aromatic N) is 3. The molecular weight excluding hydrogens is 299 g/mol. The predicted molar refractivity (Wildman–Crippen MR) is 85.6 cm³/mol. The molecule has 3 N–H and O–H groups in total. The standard InChI is InChI=1S/C16H21FN4O2/c17-13-2-1-11-9-19-16(23)21(14(11)7-13)6-5-20-4-3-15(22)12(8-18)10-20/h1-2,7,9,12,15,22H,3-6,8,10,18H2. The number of likely N-dealkylation sites (tertiary alicyclic amines) is 1. The average Bonchev–Trinajstić information content (AvgIpc) is 2.55. The summed E-state index contributed by atoms with van der Waals surface area (Å²) in [5.74, 6) is -0.315. The number of aromatic nitrogens is 2. The number of halogens is 1. The van der Waals surface area contributed by atoms with Gasteiger partial charge >= 0.3 is 5.69 Å². The Hall–Kier alpha value is -1.83. The summed E-state index contributed by atoms with van der Waals surface area (Å²) in [7, 11) is 0. The first-order valence-electron chi connectivity index (χ1n) is 7.84. The summed E-state index contributed by atoms with van der Waals surface area (Å²) in [6, 6.07) is 4.34. The van der Waals surface area contributed by atoms with Crippen LogP contribution < -0.4 is 11.4 Å². The highest BCUT2D eigenvalue weighted by Gasteiger charge is 2.26. The van der Waals surface area contributed by atoms with E-state index in [1.54, 1.807) is 6.07 Å². The summed E-state index contributed by atoms with van der Waals surface area (Å²) >= 11 is 0. The average molecular weight is 320 g/mol. The maximum Gasteiger partial charge on any atom is 0.348 e. The molecule has 1 aromatic heterocycles. The molecule has 2 heterocycles. The lowest BCUT2D eigenvalue weighted by Crippen LogP contribution is -2.47. The Morgan fingerprint density at radius 3 is 3.00 bits per heavy atom. The van der Waals surface area contributed by atoms with Gasteiger partial charge in [0.25, 0.3) is 0 Å². The van der Waals surface area contributed by atoms with E-state index in [1.165, 1.54) is 22.9 Å². The van der Waals surface area contributed by atoms with E-state index < -0.39 is 0 Å². The van der Waals surface area contributed by atoms with E-state index >= 15 is 0 Å². The fourth-order valence-electron chi connectivity index (χ4n) is 3.14. The lowest BCUT2D eigenvalue weighted by molar-refractivity contribution is 0.0296. The van der Waals surface area contributed by atoms with E-state index in [1.807, 2.05) is 0 Å². The van der Waals surface area contributed by atoms with Gasteiger partial charge in [0, 0.05) is 43.7 Å². The highest BCUT2D eigenvalue weighted by Crippen LogP contribution is 2.17. The molecule has 1 fully saturated rings. The zero-order chi connectivity index (χ0) is 16.4. The van der Waals surface area contributed by atoms with Crippen molar-refractivity contribution in [3.05, 3.63) is 40.7 Å². The van der Waals surface area contributed by atoms with Gasteiger partial charge in [-0.25, -0.2) is 14.2 Å². The summed E-state index contributed by atoms with van der Waals surface area (Å²) in [5, 5.41) is 10.6. The number of hydrogen-bond donors (Lipinski definition) is 2. The minimum Gasteiger partial charge on any atom is -0.393 e. The van der Waals surface area contributed by atoms with E-state index in [0.717, 1.165) is 11.9 Å². The molecule has 0 saturated carbocycles. The summed E-state index contributed by atoms with van der Waals surface area (Å²) in [6.45, 7) is 2.98. The van der Waals surface area contributed by atoms with Crippen LogP contribution in [0.4, 0.5) is 4.39 Å². The van der Waals surface area contributed by atoms with Crippen molar-refractivity contribution in [2.75, 3.05) is 26.2 Å². The second-order valence-corrected chi connectivity index (χ2v) is 6.05. The molecule has 2 aromatic rings. The maximum absolute atomic E-state index is 13.5. The van der Waals surface area contributed by atoms with Gasteiger partial charge in [-0.15, -0.1) is 0 Å². The van der Waals surface area contributed by atoms with Crippen LogP contribution in [0, 0.1) is 11.7 Å². The minimum atomic E-state index is -0.379. The van der Waals surface area contributed by atoms with Crippen molar-refractivity contribution in [2.45, 2.75) is 19.1 Å². The Kier molecular flexibility index (Phi) is 4.70. The minimum absolute atomic E-state index is 0.0589. The third-order valence-corrected chi connectivity index (χ3v) is 4.55. The second kappa shape index (κ2) is 6.74. The van der Waals surface area contributed by atoms with E-state index in [0.29, 0.717) is 38.1 Å². The third-order valence-electron chi connectivity index (χ3n) is 4.55. The van der Waals surface area contributed by atoms with Crippen molar-refractivity contribution >= 4 is 10.9 Å². The SMILES string of the molecule is NCC1CN(CCn2c(=O)ncc3ccc(F)cc32)CCC1O. The molecule has 2 atom stereocenters. The molecule has 7 heteroatoms. The van der Waals surface area contributed by atoms with Gasteiger partial charge in [0.15, 0.2) is 0 Å². The zero-order valence-corrected chi connectivity index (χ0v) is 12.9. The maximum atomic E-state index is 13.5. The first-order valence-corrected chi connectivity index (χ1v) is 7.84. The molecule has 0 amide bonds. The Morgan fingerprint density at radius 1 is 1.39 bits per heavy atom. The van der Waals surface area contributed by atoms with Crippen LogP contribution in [0.15, 0.2) is 29.2 Å². The zero-order valence-electron chi connectivity index (χ0n) is 12.9. The lowest BCUT2D eigenvalue weighted by Gasteiger charge is -2.35. The molecule has 0 aliphatic carbocycles. The number of piperidine rings is 1. The molecule has 1 saturated heterocycles. The highest BCUT2D eigenvalue weighted by molar-refractivity contribution is 5.77. The summed E-state index contributed by atoms with van der Waals surface area (Å²) in [5.41, 5.74) is 5.86. The van der Waals surface area contributed by atoms with Gasteiger partial charge < -0.3 is 15.7 Å². The van der Waals surface area contributed by atoms with Gasteiger partial charge in [0.05, 0.1) is 11.6 Å². The van der Waals surface area contributed by atoms with Crippen molar-refractivity contribution < 1.29 is 9.50 Å². The Balaban J connectivity index is 1.78. The topological polar surface area (TPSA) is 84.4 Å². The fraction of sp³-hybridized carbons (Fsp3) is 0.500. The Bertz CT molecular complexity index is 748. The molecule has 124 valence electrons. The van der Waals surface area contributed by atoms with Crippen LogP contribution in [0.1, 0.15) is 6.42 Å². The van der Waals surface area contributed by atoms with Crippen LogP contribution in [-0.4, -0.2) is 51.8 Å². The van der Waals surface area contributed by atoms with Crippen LogP contribution in [0.5, 0.6) is 0 Å². The number of rotatable bonds is 4. The summed E-state index contributed by atoms with van der Waals surface area (Å²) in [4.78, 5) is 18.1. The van der Waals surface area contributed by atoms with Crippen LogP contribution in [0.25, 0.3) is 10.9 Å². The smallest absolute Gasteiger partial charge is 0.348 e. The lowest BCUT2D eigenvalue weighted by atomic mass is 9.95. The Labute approximate surface area is 133 Å². The first kappa shape index (κ1) is 16.0. The summed E-state index contributed by atoms with van der Waals surface area (Å²) < 4.78 is 15.0. The quantitative estimate of drug-likeness (QED) is 0.839. The number of aliphatic hydroxyl groups excluding tert-OH is 1. The molecule has 1 aliphatic heterocycles. The number of nitrogens with two attached hydrogens (primary N) is 1. The van der Waals surface area contributed by atoms with Crippen molar-refractivity contribution in [3.8, 4) is 0 Å². The number of hydrogen-bond acceptors (Lipinski definition) is 5. The molecule has 0 bridgehead atoms. The highest BCUT2D eigenvalue weighted by atomic mass is 19.1. The first-order chi connectivity index (χ1) is 11.1. The molecule has 3 rings (SSSR count). The van der Waals surface area contributed by atoms with Gasteiger partial charge in [-0.3, -0.25) is 4.57 Å². The van der Waals surface area contributed by atoms with Crippen molar-refractivity contribution in [1.29, 1.82) is 0 Å². The van der Waals surface area contributed by atoms with E-state index in [9.17, 15) is 14.3 Å². The van der Waals surface area contributed by atoms with E-state index in [2.05, 4.69) is 9.88 Å². The van der Waals surface area contributed by atoms with Crippen LogP contribution in [0.3, 0.4) is 0 Å². The second-order valence-electron chi connectivity index (χ2n) is 6.05. The van der Waals surface area contributed by atoms with Crippen molar-refractivity contribution in [3.63, 3.8) is 0 Å². The predicted octanol–water partition coefficient (Wildman–Crippen LogP) is 0.177. The molecule has 1 aromatic carbocycles. The molecule has 0 spiro atoms. The molecule has 6 nitrogen and oxygen atoms in total. The van der Waals surface area contributed by atoms with Crippen LogP contribution in [-0.2, 0) is 6.54 Å². The third kappa shape index (κ3) is 3.41. The molecule has 23 heavy (non-hydrogen) atoms. The van der Waals surface area contributed by atoms with Gasteiger partial charge in [-0.05, 0) is 31.2 Å². The van der Waals surface area contributed by atoms with Crippen molar-refractivity contribution in [2.24, 2.45) is 11.7 Å². The molecule has 0 radical (unpaired) electrons. The van der Waals surface area contributed by atoms with Crippen LogP contribution in [0.2, 0.25) is 0 Å². The number of benzene rings is 1. The number of aliphatic hydroxyl groups is 1. The normalized spacial score (nSPS) is 22.6. The largest absolute Gasteiger partial charge is 0.393 e. The molecular formula is C16H21FN4O2. The molecule has 2 unspecified atom stereocenters. The molecule has 1 aliphatic rings. The number of fused-ring (bicyclic) bond motifs is 1. The van der Waals surface area contributed by atoms with Gasteiger partial charge in [-0.2, -0.15) is 0 Å². The van der Waals surface area contributed by atoms with Gasteiger partial charge in [0.2, 0.25) is 0 Å². The van der Waals surface area contributed by atoms with Gasteiger partial charge in [0.1, 0.15) is 5.82 Å². The van der Waals surface area contributed by atoms with Crippen molar-refractivity contribution in [1.82, 2.24) is 14.5 Å². The summed E-state index contributed by atoms with van der Waals surface area (Å²) in [6.07, 6.45) is 1.79. The van der Waals surface area contributed by atoms with E-state index in [-0.39, 0.29) is 23.5 Å². The monoisotopic (exact) mass is 320 g/mol. The van der Waals surface area contributed by atoms with E-state index in [4.69, 9.17) is 5.73 Å². The Morgan fingerprint density at radius 2 is 2.22 bits per heavy atom.